The summed E-state index contributed by atoms with van der Waals surface area (Å²) in [6, 6.07) is 11.0. The average Bonchev–Trinajstić information content (AvgIpc) is 2.95. The molecule has 0 N–H and O–H groups in total. The quantitative estimate of drug-likeness (QED) is 0.720. The first-order valence-electron chi connectivity index (χ1n) is 5.69. The Balaban J connectivity index is 1.73. The zero-order valence-corrected chi connectivity index (χ0v) is 9.91. The number of thiophene rings is 1. The lowest BCUT2D eigenvalue weighted by molar-refractivity contribution is 0.707. The highest BCUT2D eigenvalue weighted by Gasteiger charge is 2.17. The number of hydrogen-bond acceptors (Lipinski definition) is 1. The number of allylic oxidation sites excluding steroid dienone is 1. The van der Waals surface area contributed by atoms with Crippen molar-refractivity contribution in [1.82, 2.24) is 0 Å². The average molecular weight is 226 g/mol. The fourth-order valence-corrected chi connectivity index (χ4v) is 2.97. The molecule has 0 radical (unpaired) electrons. The molecule has 16 heavy (non-hydrogen) atoms. The third-order valence-electron chi connectivity index (χ3n) is 3.19. The van der Waals surface area contributed by atoms with E-state index in [0.717, 1.165) is 0 Å². The van der Waals surface area contributed by atoms with Gasteiger partial charge in [-0.15, -0.1) is 0 Å². The Morgan fingerprint density at radius 1 is 1.06 bits per heavy atom. The SMILES string of the molecule is C(=C\C1Cc2ccccc2C1)/c1ccsc1. The molecule has 3 rings (SSSR count). The van der Waals surface area contributed by atoms with E-state index in [9.17, 15) is 0 Å². The fraction of sp³-hybridized carbons (Fsp3) is 0.200. The van der Waals surface area contributed by atoms with E-state index >= 15 is 0 Å². The summed E-state index contributed by atoms with van der Waals surface area (Å²) in [7, 11) is 0. The van der Waals surface area contributed by atoms with Crippen LogP contribution in [0.5, 0.6) is 0 Å². The predicted octanol–water partition coefficient (Wildman–Crippen LogP) is 4.18. The van der Waals surface area contributed by atoms with Gasteiger partial charge in [0, 0.05) is 0 Å². The first-order chi connectivity index (χ1) is 7.92. The first-order valence-corrected chi connectivity index (χ1v) is 6.63. The van der Waals surface area contributed by atoms with Crippen molar-refractivity contribution in [3.63, 3.8) is 0 Å². The van der Waals surface area contributed by atoms with Crippen LogP contribution >= 0.6 is 11.3 Å². The topological polar surface area (TPSA) is 0 Å². The third kappa shape index (κ3) is 1.96. The Bertz CT molecular complexity index is 469. The largest absolute Gasteiger partial charge is 0.152 e. The van der Waals surface area contributed by atoms with Crippen LogP contribution in [0.4, 0.5) is 0 Å². The van der Waals surface area contributed by atoms with Gasteiger partial charge in [0.1, 0.15) is 0 Å². The molecule has 1 aliphatic carbocycles. The molecule has 1 aromatic heterocycles. The van der Waals surface area contributed by atoms with Crippen LogP contribution in [0.1, 0.15) is 16.7 Å². The van der Waals surface area contributed by atoms with Crippen molar-refractivity contribution >= 4 is 17.4 Å². The van der Waals surface area contributed by atoms with Gasteiger partial charge in [0.2, 0.25) is 0 Å². The standard InChI is InChI=1S/C15H14S/c1-2-4-15-10-13(9-14(15)3-1)6-5-12-7-8-16-11-12/h1-8,11,13H,9-10H2/b6-5+. The molecule has 0 saturated heterocycles. The number of rotatable bonds is 2. The van der Waals surface area contributed by atoms with Gasteiger partial charge in [0.15, 0.2) is 0 Å². The summed E-state index contributed by atoms with van der Waals surface area (Å²) in [6.07, 6.45) is 7.03. The van der Waals surface area contributed by atoms with Gasteiger partial charge >= 0.3 is 0 Å². The van der Waals surface area contributed by atoms with Crippen LogP contribution in [-0.2, 0) is 12.8 Å². The molecule has 2 aromatic rings. The van der Waals surface area contributed by atoms with Crippen LogP contribution in [0.25, 0.3) is 6.08 Å². The van der Waals surface area contributed by atoms with E-state index in [4.69, 9.17) is 0 Å². The number of fused-ring (bicyclic) bond motifs is 1. The zero-order chi connectivity index (χ0) is 10.8. The Morgan fingerprint density at radius 2 is 1.81 bits per heavy atom. The molecule has 1 aliphatic rings. The second-order valence-corrected chi connectivity index (χ2v) is 5.13. The second kappa shape index (κ2) is 4.26. The van der Waals surface area contributed by atoms with E-state index in [1.54, 1.807) is 11.3 Å². The van der Waals surface area contributed by atoms with Gasteiger partial charge in [-0.2, -0.15) is 11.3 Å². The molecule has 0 bridgehead atoms. The minimum atomic E-state index is 0.692. The van der Waals surface area contributed by atoms with E-state index < -0.39 is 0 Å². The highest BCUT2D eigenvalue weighted by atomic mass is 32.1. The molecule has 0 saturated carbocycles. The van der Waals surface area contributed by atoms with E-state index in [-0.39, 0.29) is 0 Å². The lowest BCUT2D eigenvalue weighted by Crippen LogP contribution is -1.93. The van der Waals surface area contributed by atoms with Crippen molar-refractivity contribution in [2.75, 3.05) is 0 Å². The maximum Gasteiger partial charge on any atom is -0.00209 e. The third-order valence-corrected chi connectivity index (χ3v) is 3.89. The predicted molar refractivity (Wildman–Crippen MR) is 70.7 cm³/mol. The minimum Gasteiger partial charge on any atom is -0.152 e. The lowest BCUT2D eigenvalue weighted by atomic mass is 10.1. The van der Waals surface area contributed by atoms with Crippen molar-refractivity contribution in [2.24, 2.45) is 5.92 Å². The molecular formula is C15H14S. The van der Waals surface area contributed by atoms with Gasteiger partial charge in [0.25, 0.3) is 0 Å². The van der Waals surface area contributed by atoms with Crippen LogP contribution in [0.2, 0.25) is 0 Å². The molecule has 1 heteroatoms. The maximum absolute atomic E-state index is 2.36. The van der Waals surface area contributed by atoms with Crippen LogP contribution < -0.4 is 0 Å². The first kappa shape index (κ1) is 9.86. The maximum atomic E-state index is 2.36. The van der Waals surface area contributed by atoms with Gasteiger partial charge in [-0.3, -0.25) is 0 Å². The number of hydrogen-bond donors (Lipinski definition) is 0. The zero-order valence-electron chi connectivity index (χ0n) is 9.10. The van der Waals surface area contributed by atoms with Gasteiger partial charge in [-0.25, -0.2) is 0 Å². The summed E-state index contributed by atoms with van der Waals surface area (Å²) in [4.78, 5) is 0. The summed E-state index contributed by atoms with van der Waals surface area (Å²) < 4.78 is 0. The summed E-state index contributed by atoms with van der Waals surface area (Å²) in [6.45, 7) is 0. The molecule has 0 nitrogen and oxygen atoms in total. The molecule has 1 aromatic carbocycles. The van der Waals surface area contributed by atoms with Crippen molar-refractivity contribution in [2.45, 2.75) is 12.8 Å². The van der Waals surface area contributed by atoms with Crippen molar-refractivity contribution in [1.29, 1.82) is 0 Å². The molecular weight excluding hydrogens is 212 g/mol. The molecule has 0 amide bonds. The van der Waals surface area contributed by atoms with Crippen molar-refractivity contribution < 1.29 is 0 Å². The Hall–Kier alpha value is -1.34. The van der Waals surface area contributed by atoms with E-state index in [0.29, 0.717) is 5.92 Å². The van der Waals surface area contributed by atoms with Gasteiger partial charge in [0.05, 0.1) is 0 Å². The fourth-order valence-electron chi connectivity index (χ4n) is 2.35. The molecule has 1 heterocycles. The molecule has 0 aliphatic heterocycles. The van der Waals surface area contributed by atoms with Crippen LogP contribution in [0.3, 0.4) is 0 Å². The van der Waals surface area contributed by atoms with Crippen LogP contribution in [0.15, 0.2) is 47.2 Å². The summed E-state index contributed by atoms with van der Waals surface area (Å²) in [5.41, 5.74) is 4.39. The lowest BCUT2D eigenvalue weighted by Gasteiger charge is -1.99. The van der Waals surface area contributed by atoms with E-state index in [1.807, 2.05) is 0 Å². The molecule has 0 fully saturated rings. The smallest absolute Gasteiger partial charge is 0.00209 e. The highest BCUT2D eigenvalue weighted by molar-refractivity contribution is 7.08. The minimum absolute atomic E-state index is 0.692. The Labute approximate surface area is 100 Å². The Morgan fingerprint density at radius 3 is 2.44 bits per heavy atom. The Kier molecular flexibility index (Phi) is 2.63. The second-order valence-electron chi connectivity index (χ2n) is 4.35. The van der Waals surface area contributed by atoms with Crippen LogP contribution in [0, 0.1) is 5.92 Å². The normalized spacial score (nSPS) is 15.8. The number of benzene rings is 1. The van der Waals surface area contributed by atoms with Gasteiger partial charge in [-0.05, 0) is 52.3 Å². The monoisotopic (exact) mass is 226 g/mol. The van der Waals surface area contributed by atoms with Crippen molar-refractivity contribution in [3.05, 3.63) is 63.9 Å². The van der Waals surface area contributed by atoms with E-state index in [2.05, 4.69) is 53.2 Å². The van der Waals surface area contributed by atoms with Crippen LogP contribution in [-0.4, -0.2) is 0 Å². The van der Waals surface area contributed by atoms with Crippen molar-refractivity contribution in [3.8, 4) is 0 Å². The van der Waals surface area contributed by atoms with Gasteiger partial charge in [-0.1, -0.05) is 36.4 Å². The summed E-state index contributed by atoms with van der Waals surface area (Å²) in [5.74, 6) is 0.692. The summed E-state index contributed by atoms with van der Waals surface area (Å²) >= 11 is 1.76. The molecule has 80 valence electrons. The highest BCUT2D eigenvalue weighted by Crippen LogP contribution is 2.27. The summed E-state index contributed by atoms with van der Waals surface area (Å²) in [5, 5.41) is 4.32. The molecule has 0 spiro atoms. The van der Waals surface area contributed by atoms with Gasteiger partial charge < -0.3 is 0 Å². The van der Waals surface area contributed by atoms with E-state index in [1.165, 1.54) is 29.5 Å². The molecule has 0 atom stereocenters. The molecule has 0 unspecified atom stereocenters.